The third kappa shape index (κ3) is 3.23. The molecule has 0 radical (unpaired) electrons. The second kappa shape index (κ2) is 7.12. The first kappa shape index (κ1) is 17.5. The van der Waals surface area contributed by atoms with Crippen LogP contribution >= 0.6 is 11.3 Å². The minimum atomic E-state index is -0.0430. The van der Waals surface area contributed by atoms with Crippen LogP contribution in [0.4, 0.5) is 0 Å². The van der Waals surface area contributed by atoms with Crippen molar-refractivity contribution in [3.63, 3.8) is 0 Å². The highest BCUT2D eigenvalue weighted by Crippen LogP contribution is 2.37. The fourth-order valence-corrected chi connectivity index (χ4v) is 5.39. The Labute approximate surface area is 169 Å². The molecule has 0 spiro atoms. The number of allylic oxidation sites excluding steroid dienone is 1. The Morgan fingerprint density at radius 1 is 0.964 bits per heavy atom. The third-order valence-electron chi connectivity index (χ3n) is 5.77. The van der Waals surface area contributed by atoms with E-state index in [0.717, 1.165) is 43.4 Å². The molecule has 0 bridgehead atoms. The van der Waals surface area contributed by atoms with Crippen LogP contribution < -0.4 is 5.32 Å². The number of nitrogens with one attached hydrogen (secondary N) is 1. The highest BCUT2D eigenvalue weighted by molar-refractivity contribution is 7.16. The molecule has 2 aliphatic rings. The molecule has 0 amide bonds. The first-order chi connectivity index (χ1) is 13.7. The number of hydrogen-bond donors (Lipinski definition) is 3. The molecule has 1 unspecified atom stereocenters. The number of thiophene rings is 1. The summed E-state index contributed by atoms with van der Waals surface area (Å²) >= 11 is 1.87. The second-order valence-electron chi connectivity index (χ2n) is 7.64. The summed E-state index contributed by atoms with van der Waals surface area (Å²) in [7, 11) is 0. The Balaban J connectivity index is 1.37. The van der Waals surface area contributed by atoms with Crippen LogP contribution in [0.1, 0.15) is 39.6 Å². The molecule has 3 aromatic rings. The zero-order chi connectivity index (χ0) is 19.1. The van der Waals surface area contributed by atoms with E-state index in [4.69, 9.17) is 0 Å². The first-order valence-corrected chi connectivity index (χ1v) is 10.7. The van der Waals surface area contributed by atoms with Gasteiger partial charge in [-0.3, -0.25) is 0 Å². The predicted octanol–water partition coefficient (Wildman–Crippen LogP) is 5.22. The van der Waals surface area contributed by atoms with Crippen molar-refractivity contribution in [2.45, 2.75) is 31.7 Å². The number of phenolic OH excluding ortho intramolecular Hbond substituents is 2. The molecule has 3 N–H and O–H groups in total. The lowest BCUT2D eigenvalue weighted by Gasteiger charge is -2.27. The monoisotopic (exact) mass is 389 g/mol. The van der Waals surface area contributed by atoms with Crippen molar-refractivity contribution < 1.29 is 10.2 Å². The van der Waals surface area contributed by atoms with Crippen molar-refractivity contribution in [1.82, 2.24) is 5.32 Å². The van der Waals surface area contributed by atoms with Crippen molar-refractivity contribution in [2.24, 2.45) is 0 Å². The number of phenols is 2. The molecule has 2 aromatic carbocycles. The Bertz CT molecular complexity index is 1050. The highest BCUT2D eigenvalue weighted by Gasteiger charge is 2.22. The van der Waals surface area contributed by atoms with E-state index in [-0.39, 0.29) is 17.5 Å². The first-order valence-electron chi connectivity index (χ1n) is 9.84. The SMILES string of the molecule is Oc1cc2c(cc1O)C(Cc1ccc(-c3cc4c(s3)C=CCC4)cc1)NCC2. The molecule has 2 heterocycles. The van der Waals surface area contributed by atoms with E-state index in [9.17, 15) is 10.2 Å². The molecule has 0 fully saturated rings. The fourth-order valence-electron chi connectivity index (χ4n) is 4.24. The Morgan fingerprint density at radius 2 is 1.79 bits per heavy atom. The normalized spacial score (nSPS) is 17.9. The molecule has 4 heteroatoms. The minimum absolute atomic E-state index is 0.0303. The van der Waals surface area contributed by atoms with Gasteiger partial charge >= 0.3 is 0 Å². The predicted molar refractivity (Wildman–Crippen MR) is 115 cm³/mol. The minimum Gasteiger partial charge on any atom is -0.504 e. The van der Waals surface area contributed by atoms with E-state index in [1.54, 1.807) is 12.1 Å². The van der Waals surface area contributed by atoms with Gasteiger partial charge < -0.3 is 15.5 Å². The van der Waals surface area contributed by atoms with E-state index in [1.807, 2.05) is 11.3 Å². The van der Waals surface area contributed by atoms with Gasteiger partial charge in [0.25, 0.3) is 0 Å². The van der Waals surface area contributed by atoms with Crippen LogP contribution in [0.15, 0.2) is 48.5 Å². The van der Waals surface area contributed by atoms with Crippen LogP contribution in [0.5, 0.6) is 11.5 Å². The lowest BCUT2D eigenvalue weighted by Crippen LogP contribution is -2.31. The van der Waals surface area contributed by atoms with Crippen LogP contribution in [-0.2, 0) is 19.3 Å². The summed E-state index contributed by atoms with van der Waals surface area (Å²) in [6.07, 6.45) is 8.54. The van der Waals surface area contributed by atoms with Crippen LogP contribution in [-0.4, -0.2) is 16.8 Å². The summed E-state index contributed by atoms with van der Waals surface area (Å²) in [5, 5.41) is 23.2. The topological polar surface area (TPSA) is 52.5 Å². The van der Waals surface area contributed by atoms with E-state index >= 15 is 0 Å². The van der Waals surface area contributed by atoms with Crippen molar-refractivity contribution in [2.75, 3.05) is 6.54 Å². The summed E-state index contributed by atoms with van der Waals surface area (Å²) in [6, 6.07) is 14.8. The number of hydrogen-bond acceptors (Lipinski definition) is 4. The Kier molecular flexibility index (Phi) is 4.46. The maximum absolute atomic E-state index is 9.91. The van der Waals surface area contributed by atoms with Crippen LogP contribution in [0.2, 0.25) is 0 Å². The van der Waals surface area contributed by atoms with E-state index < -0.39 is 0 Å². The van der Waals surface area contributed by atoms with Gasteiger partial charge in [-0.05, 0) is 84.3 Å². The lowest BCUT2D eigenvalue weighted by atomic mass is 9.89. The van der Waals surface area contributed by atoms with Gasteiger partial charge in [0.2, 0.25) is 0 Å². The van der Waals surface area contributed by atoms with Gasteiger partial charge in [0.05, 0.1) is 0 Å². The largest absolute Gasteiger partial charge is 0.504 e. The molecule has 142 valence electrons. The fraction of sp³-hybridized carbons (Fsp3) is 0.250. The Morgan fingerprint density at radius 3 is 2.61 bits per heavy atom. The summed E-state index contributed by atoms with van der Waals surface area (Å²) in [6.45, 7) is 0.883. The quantitative estimate of drug-likeness (QED) is 0.539. The lowest BCUT2D eigenvalue weighted by molar-refractivity contribution is 0.398. The number of rotatable bonds is 3. The summed E-state index contributed by atoms with van der Waals surface area (Å²) in [5.41, 5.74) is 6.22. The summed E-state index contributed by atoms with van der Waals surface area (Å²) in [4.78, 5) is 2.74. The number of aromatic hydroxyl groups is 2. The average molecular weight is 390 g/mol. The molecule has 0 saturated heterocycles. The van der Waals surface area contributed by atoms with Crippen LogP contribution in [0.25, 0.3) is 16.5 Å². The average Bonchev–Trinajstić information content (AvgIpc) is 3.14. The number of fused-ring (bicyclic) bond motifs is 2. The van der Waals surface area contributed by atoms with Gasteiger partial charge in [-0.1, -0.05) is 30.3 Å². The molecular formula is C24H23NO2S. The zero-order valence-corrected chi connectivity index (χ0v) is 16.4. The molecule has 5 rings (SSSR count). The molecular weight excluding hydrogens is 366 g/mol. The van der Waals surface area contributed by atoms with E-state index in [1.165, 1.54) is 26.4 Å². The van der Waals surface area contributed by atoms with Gasteiger partial charge in [0.15, 0.2) is 11.5 Å². The molecule has 0 saturated carbocycles. The molecule has 1 aromatic heterocycles. The van der Waals surface area contributed by atoms with Gasteiger partial charge in [0, 0.05) is 15.8 Å². The maximum Gasteiger partial charge on any atom is 0.157 e. The van der Waals surface area contributed by atoms with Crippen molar-refractivity contribution in [1.29, 1.82) is 0 Å². The van der Waals surface area contributed by atoms with Crippen molar-refractivity contribution in [3.05, 3.63) is 75.7 Å². The van der Waals surface area contributed by atoms with Gasteiger partial charge in [-0.25, -0.2) is 0 Å². The van der Waals surface area contributed by atoms with Gasteiger partial charge in [0.1, 0.15) is 0 Å². The molecule has 1 atom stereocenters. The van der Waals surface area contributed by atoms with Gasteiger partial charge in [-0.15, -0.1) is 11.3 Å². The third-order valence-corrected chi connectivity index (χ3v) is 6.96. The van der Waals surface area contributed by atoms with Crippen molar-refractivity contribution >= 4 is 17.4 Å². The van der Waals surface area contributed by atoms with Crippen LogP contribution in [0.3, 0.4) is 0 Å². The van der Waals surface area contributed by atoms with E-state index in [0.29, 0.717) is 0 Å². The number of benzene rings is 2. The zero-order valence-electron chi connectivity index (χ0n) is 15.6. The van der Waals surface area contributed by atoms with E-state index in [2.05, 4.69) is 47.8 Å². The summed E-state index contributed by atoms with van der Waals surface area (Å²) in [5.74, 6) is -0.0734. The van der Waals surface area contributed by atoms with Crippen molar-refractivity contribution in [3.8, 4) is 21.9 Å². The van der Waals surface area contributed by atoms with Crippen LogP contribution in [0, 0.1) is 0 Å². The second-order valence-corrected chi connectivity index (χ2v) is 8.72. The molecule has 3 nitrogen and oxygen atoms in total. The number of aryl methyl sites for hydroxylation is 1. The molecule has 1 aliphatic heterocycles. The Hall–Kier alpha value is -2.56. The molecule has 28 heavy (non-hydrogen) atoms. The smallest absolute Gasteiger partial charge is 0.157 e. The summed E-state index contributed by atoms with van der Waals surface area (Å²) < 4.78 is 0. The standard InChI is InChI=1S/C24H23NO2S/c26-21-12-17-9-10-25-20(19(17)14-22(21)27)11-15-5-7-16(8-6-15)24-13-18-3-1-2-4-23(18)28-24/h2,4-8,12-14,20,25-27H,1,3,9-11H2. The maximum atomic E-state index is 9.91. The van der Waals surface area contributed by atoms with Gasteiger partial charge in [-0.2, -0.15) is 0 Å². The highest BCUT2D eigenvalue weighted by atomic mass is 32.1. The molecule has 1 aliphatic carbocycles.